The summed E-state index contributed by atoms with van der Waals surface area (Å²) in [4.78, 5) is 26.9. The lowest BCUT2D eigenvalue weighted by molar-refractivity contribution is 0.0646. The van der Waals surface area contributed by atoms with Crippen LogP contribution in [0.25, 0.3) is 10.9 Å². The van der Waals surface area contributed by atoms with Gasteiger partial charge in [0.15, 0.2) is 5.69 Å². The van der Waals surface area contributed by atoms with Crippen LogP contribution in [0.15, 0.2) is 29.1 Å². The first-order chi connectivity index (χ1) is 10.1. The molecule has 1 aromatic heterocycles. The summed E-state index contributed by atoms with van der Waals surface area (Å²) in [5.74, 6) is -0.282. The minimum atomic E-state index is -0.292. The first-order valence-electron chi connectivity index (χ1n) is 7.07. The fourth-order valence-electron chi connectivity index (χ4n) is 2.74. The SMILES string of the molecule is C[C@@H]1CNCCN1C(=O)c1nn(C)c2ccccc2c1=O.Cl. The van der Waals surface area contributed by atoms with Crippen molar-refractivity contribution < 1.29 is 4.79 Å². The number of nitrogens with one attached hydrogen (secondary N) is 1. The summed E-state index contributed by atoms with van der Waals surface area (Å²) in [6.07, 6.45) is 0. The van der Waals surface area contributed by atoms with Crippen molar-refractivity contribution in [2.45, 2.75) is 13.0 Å². The van der Waals surface area contributed by atoms with Crippen molar-refractivity contribution in [3.8, 4) is 0 Å². The van der Waals surface area contributed by atoms with Crippen molar-refractivity contribution in [2.24, 2.45) is 7.05 Å². The van der Waals surface area contributed by atoms with Crippen LogP contribution in [0.3, 0.4) is 0 Å². The zero-order valence-electron chi connectivity index (χ0n) is 12.6. The predicted molar refractivity (Wildman–Crippen MR) is 87.6 cm³/mol. The number of benzene rings is 1. The van der Waals surface area contributed by atoms with Gasteiger partial charge in [-0.15, -0.1) is 12.4 Å². The number of nitrogens with zero attached hydrogens (tertiary/aromatic N) is 3. The van der Waals surface area contributed by atoms with E-state index in [1.807, 2.05) is 19.1 Å². The molecule has 3 rings (SSSR count). The van der Waals surface area contributed by atoms with Gasteiger partial charge < -0.3 is 10.2 Å². The molecule has 0 radical (unpaired) electrons. The van der Waals surface area contributed by atoms with E-state index < -0.39 is 0 Å². The van der Waals surface area contributed by atoms with E-state index in [-0.39, 0.29) is 35.5 Å². The summed E-state index contributed by atoms with van der Waals surface area (Å²) < 4.78 is 1.59. The molecule has 0 saturated carbocycles. The lowest BCUT2D eigenvalue weighted by Crippen LogP contribution is -2.53. The second-order valence-corrected chi connectivity index (χ2v) is 5.37. The molecule has 118 valence electrons. The van der Waals surface area contributed by atoms with Gasteiger partial charge in [-0.25, -0.2) is 0 Å². The largest absolute Gasteiger partial charge is 0.332 e. The summed E-state index contributed by atoms with van der Waals surface area (Å²) in [5.41, 5.74) is 0.441. The van der Waals surface area contributed by atoms with Crippen LogP contribution in [0.2, 0.25) is 0 Å². The van der Waals surface area contributed by atoms with Gasteiger partial charge in [0.05, 0.1) is 5.52 Å². The second-order valence-electron chi connectivity index (χ2n) is 5.37. The number of carbonyl (C=O) groups is 1. The summed E-state index contributed by atoms with van der Waals surface area (Å²) in [7, 11) is 1.75. The van der Waals surface area contributed by atoms with E-state index >= 15 is 0 Å². The molecule has 1 aromatic carbocycles. The molecule has 0 spiro atoms. The number of halogens is 1. The van der Waals surface area contributed by atoms with Crippen LogP contribution in [0, 0.1) is 0 Å². The molecule has 0 aliphatic carbocycles. The standard InChI is InChI=1S/C15H18N4O2.ClH/c1-10-9-16-7-8-19(10)15(21)13-14(20)11-5-3-4-6-12(11)18(2)17-13;/h3-6,10,16H,7-9H2,1-2H3;1H/t10-;/m1./s1. The molecule has 0 unspecified atom stereocenters. The van der Waals surface area contributed by atoms with Gasteiger partial charge >= 0.3 is 0 Å². The number of rotatable bonds is 1. The lowest BCUT2D eigenvalue weighted by Gasteiger charge is -2.33. The van der Waals surface area contributed by atoms with Crippen LogP contribution in [0.5, 0.6) is 0 Å². The number of aryl methyl sites for hydroxylation is 1. The molecule has 2 heterocycles. The molecule has 1 atom stereocenters. The molecule has 1 aliphatic rings. The first kappa shape index (κ1) is 16.5. The van der Waals surface area contributed by atoms with E-state index in [0.29, 0.717) is 11.9 Å². The molecule has 6 nitrogen and oxygen atoms in total. The highest BCUT2D eigenvalue weighted by molar-refractivity contribution is 5.95. The van der Waals surface area contributed by atoms with Gasteiger partial charge in [-0.3, -0.25) is 14.3 Å². The third-order valence-electron chi connectivity index (χ3n) is 3.93. The van der Waals surface area contributed by atoms with Crippen molar-refractivity contribution in [1.82, 2.24) is 20.0 Å². The van der Waals surface area contributed by atoms with Gasteiger partial charge in [0.1, 0.15) is 0 Å². The molecule has 1 amide bonds. The van der Waals surface area contributed by atoms with E-state index in [4.69, 9.17) is 0 Å². The molecular formula is C15H19ClN4O2. The monoisotopic (exact) mass is 322 g/mol. The van der Waals surface area contributed by atoms with Crippen molar-refractivity contribution in [1.29, 1.82) is 0 Å². The molecule has 1 aliphatic heterocycles. The Labute approximate surface area is 134 Å². The number of piperazine rings is 1. The highest BCUT2D eigenvalue weighted by atomic mass is 35.5. The zero-order valence-corrected chi connectivity index (χ0v) is 13.4. The average molecular weight is 323 g/mol. The Morgan fingerprint density at radius 1 is 1.36 bits per heavy atom. The second kappa shape index (κ2) is 6.46. The number of hydrogen-bond acceptors (Lipinski definition) is 4. The van der Waals surface area contributed by atoms with Gasteiger partial charge in [0.25, 0.3) is 5.91 Å². The van der Waals surface area contributed by atoms with Crippen molar-refractivity contribution >= 4 is 29.2 Å². The Kier molecular flexibility index (Phi) is 4.83. The highest BCUT2D eigenvalue weighted by Crippen LogP contribution is 2.11. The Balaban J connectivity index is 0.00000176. The fraction of sp³-hybridized carbons (Fsp3) is 0.400. The van der Waals surface area contributed by atoms with Crippen molar-refractivity contribution in [3.63, 3.8) is 0 Å². The van der Waals surface area contributed by atoms with E-state index in [1.54, 1.807) is 28.8 Å². The third kappa shape index (κ3) is 2.71. The summed E-state index contributed by atoms with van der Waals surface area (Å²) in [6, 6.07) is 7.27. The quantitative estimate of drug-likeness (QED) is 0.843. The van der Waals surface area contributed by atoms with Gasteiger partial charge in [-0.1, -0.05) is 12.1 Å². The lowest BCUT2D eigenvalue weighted by atomic mass is 10.1. The number of amides is 1. The van der Waals surface area contributed by atoms with E-state index in [9.17, 15) is 9.59 Å². The maximum atomic E-state index is 12.6. The van der Waals surface area contributed by atoms with Crippen LogP contribution < -0.4 is 10.7 Å². The smallest absolute Gasteiger partial charge is 0.278 e. The maximum Gasteiger partial charge on any atom is 0.278 e. The topological polar surface area (TPSA) is 67.2 Å². The molecular weight excluding hydrogens is 304 g/mol. The zero-order chi connectivity index (χ0) is 15.0. The minimum Gasteiger partial charge on any atom is -0.332 e. The van der Waals surface area contributed by atoms with Crippen LogP contribution in [-0.2, 0) is 7.05 Å². The number of para-hydroxylation sites is 1. The third-order valence-corrected chi connectivity index (χ3v) is 3.93. The summed E-state index contributed by atoms with van der Waals surface area (Å²) >= 11 is 0. The molecule has 1 N–H and O–H groups in total. The van der Waals surface area contributed by atoms with E-state index in [1.165, 1.54) is 0 Å². The Bertz CT molecular complexity index is 759. The van der Waals surface area contributed by atoms with Crippen LogP contribution >= 0.6 is 12.4 Å². The van der Waals surface area contributed by atoms with E-state index in [0.717, 1.165) is 18.6 Å². The number of hydrogen-bond donors (Lipinski definition) is 1. The van der Waals surface area contributed by atoms with Gasteiger partial charge in [-0.05, 0) is 19.1 Å². The fourth-order valence-corrected chi connectivity index (χ4v) is 2.74. The first-order valence-corrected chi connectivity index (χ1v) is 7.07. The van der Waals surface area contributed by atoms with Gasteiger partial charge in [0.2, 0.25) is 5.43 Å². The summed E-state index contributed by atoms with van der Waals surface area (Å²) in [6.45, 7) is 4.04. The number of aromatic nitrogens is 2. The van der Waals surface area contributed by atoms with Gasteiger partial charge in [-0.2, -0.15) is 5.10 Å². The van der Waals surface area contributed by atoms with Crippen molar-refractivity contribution in [3.05, 3.63) is 40.2 Å². The maximum absolute atomic E-state index is 12.6. The predicted octanol–water partition coefficient (Wildman–Crippen LogP) is 0.789. The summed E-state index contributed by atoms with van der Waals surface area (Å²) in [5, 5.41) is 7.96. The van der Waals surface area contributed by atoms with Crippen LogP contribution in [0.4, 0.5) is 0 Å². The Morgan fingerprint density at radius 3 is 2.82 bits per heavy atom. The normalized spacial score (nSPS) is 18.1. The van der Waals surface area contributed by atoms with Crippen LogP contribution in [0.1, 0.15) is 17.4 Å². The average Bonchev–Trinajstić information content (AvgIpc) is 2.51. The van der Waals surface area contributed by atoms with Gasteiger partial charge in [0, 0.05) is 38.1 Å². The number of fused-ring (bicyclic) bond motifs is 1. The van der Waals surface area contributed by atoms with Crippen molar-refractivity contribution in [2.75, 3.05) is 19.6 Å². The number of carbonyl (C=O) groups excluding carboxylic acids is 1. The highest BCUT2D eigenvalue weighted by Gasteiger charge is 2.27. The van der Waals surface area contributed by atoms with E-state index in [2.05, 4.69) is 10.4 Å². The minimum absolute atomic E-state index is 0. The molecule has 0 bridgehead atoms. The molecule has 7 heteroatoms. The molecule has 1 fully saturated rings. The van der Waals surface area contributed by atoms with Crippen LogP contribution in [-0.4, -0.2) is 46.3 Å². The Morgan fingerprint density at radius 2 is 2.09 bits per heavy atom. The Hall–Kier alpha value is -1.92. The molecule has 22 heavy (non-hydrogen) atoms. The molecule has 1 saturated heterocycles. The molecule has 2 aromatic rings.